The first-order valence-electron chi connectivity index (χ1n) is 6.96. The second-order valence-corrected chi connectivity index (χ2v) is 7.22. The van der Waals surface area contributed by atoms with Crippen LogP contribution < -0.4 is 9.62 Å². The van der Waals surface area contributed by atoms with Gasteiger partial charge in [0.15, 0.2) is 0 Å². The molecule has 0 heterocycles. The van der Waals surface area contributed by atoms with E-state index in [4.69, 9.17) is 11.6 Å². The molecule has 0 bridgehead atoms. The summed E-state index contributed by atoms with van der Waals surface area (Å²) in [6, 6.07) is 13.3. The number of rotatable bonds is 5. The first-order chi connectivity index (χ1) is 10.8. The predicted molar refractivity (Wildman–Crippen MR) is 93.7 cm³/mol. The number of carbonyl (C=O) groups is 1. The maximum Gasteiger partial charge on any atom is 0.255 e. The van der Waals surface area contributed by atoms with Crippen LogP contribution in [0.15, 0.2) is 48.5 Å². The number of amides is 1. The summed E-state index contributed by atoms with van der Waals surface area (Å²) in [5.41, 5.74) is 1.46. The molecule has 2 aromatic rings. The summed E-state index contributed by atoms with van der Waals surface area (Å²) in [6.45, 7) is 2.07. The minimum Gasteiger partial charge on any atom is -0.321 e. The first kappa shape index (κ1) is 17.3. The van der Waals surface area contributed by atoms with Crippen molar-refractivity contribution in [2.45, 2.75) is 6.92 Å². The van der Waals surface area contributed by atoms with Gasteiger partial charge in [-0.15, -0.1) is 0 Å². The van der Waals surface area contributed by atoms with Crippen molar-refractivity contribution in [1.29, 1.82) is 0 Å². The van der Waals surface area contributed by atoms with Gasteiger partial charge < -0.3 is 5.32 Å². The van der Waals surface area contributed by atoms with E-state index >= 15 is 0 Å². The van der Waals surface area contributed by atoms with Crippen LogP contribution in [0.3, 0.4) is 0 Å². The molecule has 122 valence electrons. The van der Waals surface area contributed by atoms with Crippen molar-refractivity contribution in [2.24, 2.45) is 0 Å². The number of hydrogen-bond acceptors (Lipinski definition) is 3. The fourth-order valence-electron chi connectivity index (χ4n) is 2.14. The van der Waals surface area contributed by atoms with Crippen LogP contribution in [-0.4, -0.2) is 27.1 Å². The monoisotopic (exact) mass is 352 g/mol. The average molecular weight is 353 g/mol. The van der Waals surface area contributed by atoms with Crippen molar-refractivity contribution in [3.63, 3.8) is 0 Å². The molecular formula is C16H17ClN2O3S. The number of carbonyl (C=O) groups excluding carboxylic acids is 1. The zero-order valence-electron chi connectivity index (χ0n) is 12.8. The molecule has 0 aliphatic carbocycles. The van der Waals surface area contributed by atoms with Gasteiger partial charge in [0.1, 0.15) is 0 Å². The lowest BCUT2D eigenvalue weighted by atomic mass is 10.2. The average Bonchev–Trinajstić information content (AvgIpc) is 2.49. The van der Waals surface area contributed by atoms with Gasteiger partial charge in [-0.25, -0.2) is 8.42 Å². The maximum absolute atomic E-state index is 12.2. The smallest absolute Gasteiger partial charge is 0.255 e. The van der Waals surface area contributed by atoms with E-state index in [0.29, 0.717) is 28.5 Å². The summed E-state index contributed by atoms with van der Waals surface area (Å²) in [5.74, 6) is -0.313. The standard InChI is InChI=1S/C16H17ClN2O3S/c1-3-19(23(2,21)22)13-10-8-12(9-11-13)16(20)18-15-7-5-4-6-14(15)17/h4-11H,3H2,1-2H3,(H,18,20). The van der Waals surface area contributed by atoms with Gasteiger partial charge in [0.25, 0.3) is 5.91 Å². The number of para-hydroxylation sites is 1. The summed E-state index contributed by atoms with van der Waals surface area (Å²) in [5, 5.41) is 3.17. The van der Waals surface area contributed by atoms with Crippen molar-refractivity contribution in [3.8, 4) is 0 Å². The Balaban J connectivity index is 2.19. The molecule has 1 N–H and O–H groups in total. The number of nitrogens with zero attached hydrogens (tertiary/aromatic N) is 1. The van der Waals surface area contributed by atoms with E-state index < -0.39 is 10.0 Å². The van der Waals surface area contributed by atoms with E-state index in [0.717, 1.165) is 6.26 Å². The van der Waals surface area contributed by atoms with E-state index in [1.165, 1.54) is 4.31 Å². The highest BCUT2D eigenvalue weighted by Crippen LogP contribution is 2.22. The second-order valence-electron chi connectivity index (χ2n) is 4.91. The van der Waals surface area contributed by atoms with Crippen LogP contribution in [0.25, 0.3) is 0 Å². The molecule has 0 aliphatic heterocycles. The van der Waals surface area contributed by atoms with Gasteiger partial charge in [-0.1, -0.05) is 23.7 Å². The third kappa shape index (κ3) is 4.24. The van der Waals surface area contributed by atoms with Crippen LogP contribution in [0, 0.1) is 0 Å². The SMILES string of the molecule is CCN(c1ccc(C(=O)Nc2ccccc2Cl)cc1)S(C)(=O)=O. The maximum atomic E-state index is 12.2. The molecule has 0 unspecified atom stereocenters. The number of nitrogens with one attached hydrogen (secondary N) is 1. The van der Waals surface area contributed by atoms with Crippen molar-refractivity contribution in [3.05, 3.63) is 59.1 Å². The quantitative estimate of drug-likeness (QED) is 0.897. The van der Waals surface area contributed by atoms with Crippen molar-refractivity contribution >= 4 is 38.9 Å². The molecule has 0 saturated carbocycles. The first-order valence-corrected chi connectivity index (χ1v) is 9.19. The van der Waals surface area contributed by atoms with Crippen LogP contribution in [0.1, 0.15) is 17.3 Å². The minimum absolute atomic E-state index is 0.313. The normalized spacial score (nSPS) is 11.1. The number of hydrogen-bond donors (Lipinski definition) is 1. The second kappa shape index (κ2) is 7.02. The summed E-state index contributed by atoms with van der Waals surface area (Å²) in [4.78, 5) is 12.2. The molecule has 7 heteroatoms. The van der Waals surface area contributed by atoms with Gasteiger partial charge in [-0.05, 0) is 43.3 Å². The Bertz CT molecular complexity index is 804. The number of benzene rings is 2. The lowest BCUT2D eigenvalue weighted by Crippen LogP contribution is -2.29. The third-order valence-corrected chi connectivity index (χ3v) is 4.83. The molecule has 2 aromatic carbocycles. The van der Waals surface area contributed by atoms with Crippen LogP contribution in [0.4, 0.5) is 11.4 Å². The van der Waals surface area contributed by atoms with E-state index in [1.807, 2.05) is 0 Å². The van der Waals surface area contributed by atoms with Gasteiger partial charge in [0.2, 0.25) is 10.0 Å². The molecule has 0 fully saturated rings. The van der Waals surface area contributed by atoms with Crippen molar-refractivity contribution in [1.82, 2.24) is 0 Å². The van der Waals surface area contributed by atoms with Crippen molar-refractivity contribution in [2.75, 3.05) is 22.4 Å². The Hall–Kier alpha value is -2.05. The van der Waals surface area contributed by atoms with Crippen molar-refractivity contribution < 1.29 is 13.2 Å². The molecular weight excluding hydrogens is 336 g/mol. The molecule has 0 spiro atoms. The molecule has 0 saturated heterocycles. The third-order valence-electron chi connectivity index (χ3n) is 3.23. The Morgan fingerprint density at radius 3 is 2.26 bits per heavy atom. The molecule has 0 atom stereocenters. The van der Waals surface area contributed by atoms with Gasteiger partial charge in [-0.2, -0.15) is 0 Å². The molecule has 5 nitrogen and oxygen atoms in total. The van der Waals surface area contributed by atoms with Gasteiger partial charge in [-0.3, -0.25) is 9.10 Å². The molecule has 0 aromatic heterocycles. The molecule has 2 rings (SSSR count). The summed E-state index contributed by atoms with van der Waals surface area (Å²) < 4.78 is 24.7. The molecule has 23 heavy (non-hydrogen) atoms. The van der Waals surface area contributed by atoms with E-state index in [2.05, 4.69) is 5.32 Å². The fourth-order valence-corrected chi connectivity index (χ4v) is 3.30. The number of anilines is 2. The number of sulfonamides is 1. The van der Waals surface area contributed by atoms with E-state index in [1.54, 1.807) is 55.5 Å². The van der Waals surface area contributed by atoms with Crippen LogP contribution in [0.5, 0.6) is 0 Å². The van der Waals surface area contributed by atoms with Crippen LogP contribution >= 0.6 is 11.6 Å². The van der Waals surface area contributed by atoms with Crippen LogP contribution in [-0.2, 0) is 10.0 Å². The fraction of sp³-hybridized carbons (Fsp3) is 0.188. The summed E-state index contributed by atoms with van der Waals surface area (Å²) >= 11 is 6.00. The molecule has 0 radical (unpaired) electrons. The lowest BCUT2D eigenvalue weighted by molar-refractivity contribution is 0.102. The van der Waals surface area contributed by atoms with Gasteiger partial charge >= 0.3 is 0 Å². The minimum atomic E-state index is -3.34. The van der Waals surface area contributed by atoms with Gasteiger partial charge in [0.05, 0.1) is 22.7 Å². The Morgan fingerprint density at radius 2 is 1.74 bits per heavy atom. The zero-order chi connectivity index (χ0) is 17.0. The largest absolute Gasteiger partial charge is 0.321 e. The number of halogens is 1. The van der Waals surface area contributed by atoms with Crippen LogP contribution in [0.2, 0.25) is 5.02 Å². The van der Waals surface area contributed by atoms with E-state index in [9.17, 15) is 13.2 Å². The topological polar surface area (TPSA) is 66.5 Å². The zero-order valence-corrected chi connectivity index (χ0v) is 14.4. The predicted octanol–water partition coefficient (Wildman–Crippen LogP) is 3.38. The summed E-state index contributed by atoms with van der Waals surface area (Å²) in [7, 11) is -3.34. The molecule has 1 amide bonds. The summed E-state index contributed by atoms with van der Waals surface area (Å²) in [6.07, 6.45) is 1.15. The molecule has 0 aliphatic rings. The lowest BCUT2D eigenvalue weighted by Gasteiger charge is -2.20. The van der Waals surface area contributed by atoms with Gasteiger partial charge in [0, 0.05) is 12.1 Å². The highest BCUT2D eigenvalue weighted by Gasteiger charge is 2.16. The Kier molecular flexibility index (Phi) is 5.28. The Labute approximate surface area is 140 Å². The Morgan fingerprint density at radius 1 is 1.13 bits per heavy atom. The van der Waals surface area contributed by atoms with E-state index in [-0.39, 0.29) is 5.91 Å². The highest BCUT2D eigenvalue weighted by molar-refractivity contribution is 7.92. The highest BCUT2D eigenvalue weighted by atomic mass is 35.5.